The van der Waals surface area contributed by atoms with Gasteiger partial charge in [-0.05, 0) is 36.4 Å². The zero-order valence-electron chi connectivity index (χ0n) is 25.6. The van der Waals surface area contributed by atoms with Crippen LogP contribution in [0.15, 0.2) is 158 Å². The van der Waals surface area contributed by atoms with E-state index in [-0.39, 0.29) is 0 Å². The molecule has 0 atom stereocenters. The Morgan fingerprint density at radius 2 is 0.812 bits per heavy atom. The van der Waals surface area contributed by atoms with Crippen LogP contribution in [0.3, 0.4) is 0 Å². The molecule has 0 fully saturated rings. The van der Waals surface area contributed by atoms with Crippen molar-refractivity contribution in [1.29, 1.82) is 0 Å². The number of hydrogen-bond donors (Lipinski definition) is 0. The van der Waals surface area contributed by atoms with Gasteiger partial charge in [0.1, 0.15) is 0 Å². The summed E-state index contributed by atoms with van der Waals surface area (Å²) in [4.78, 5) is 7.85. The summed E-state index contributed by atoms with van der Waals surface area (Å²) in [5.74, 6) is 0. The van der Waals surface area contributed by atoms with Crippen molar-refractivity contribution in [2.45, 2.75) is 0 Å². The molecule has 7 aromatic carbocycles. The van der Waals surface area contributed by atoms with Crippen molar-refractivity contribution >= 4 is 101 Å². The first-order valence-electron chi connectivity index (χ1n) is 16.0. The monoisotopic (exact) mass is 666 g/mol. The van der Waals surface area contributed by atoms with Crippen LogP contribution < -0.4 is 4.90 Å². The first kappa shape index (κ1) is 27.8. The molecule has 5 heteroatoms. The molecule has 0 aliphatic rings. The molecule has 0 aliphatic carbocycles. The quantitative estimate of drug-likeness (QED) is 0.182. The van der Waals surface area contributed by atoms with E-state index in [4.69, 9.17) is 4.98 Å². The minimum absolute atomic E-state index is 0.947. The summed E-state index contributed by atoms with van der Waals surface area (Å²) < 4.78 is 6.44. The van der Waals surface area contributed by atoms with Crippen LogP contribution in [0, 0.1) is 0 Å². The van der Waals surface area contributed by atoms with Gasteiger partial charge in [0.2, 0.25) is 0 Å². The number of anilines is 3. The van der Waals surface area contributed by atoms with Gasteiger partial charge in [-0.1, -0.05) is 133 Å². The maximum Gasteiger partial charge on any atom is 0.195 e. The highest BCUT2D eigenvalue weighted by Gasteiger charge is 2.23. The van der Waals surface area contributed by atoms with Crippen molar-refractivity contribution in [2.75, 3.05) is 4.90 Å². The largest absolute Gasteiger partial charge is 0.286 e. The highest BCUT2D eigenvalue weighted by Crippen LogP contribution is 2.49. The second-order valence-corrected chi connectivity index (χ2v) is 15.0. The molecule has 48 heavy (non-hydrogen) atoms. The summed E-state index contributed by atoms with van der Waals surface area (Å²) in [7, 11) is 0. The van der Waals surface area contributed by atoms with E-state index in [0.717, 1.165) is 27.6 Å². The van der Waals surface area contributed by atoms with Crippen molar-refractivity contribution in [1.82, 2.24) is 4.98 Å². The Morgan fingerprint density at radius 1 is 0.354 bits per heavy atom. The second kappa shape index (κ2) is 11.1. The average molecular weight is 667 g/mol. The Bertz CT molecular complexity index is 2600. The topological polar surface area (TPSA) is 16.1 Å². The molecule has 0 N–H and O–H groups in total. The maximum atomic E-state index is 5.56. The van der Waals surface area contributed by atoms with E-state index in [1.165, 1.54) is 61.7 Å². The fourth-order valence-corrected chi connectivity index (χ4v) is 10.6. The lowest BCUT2D eigenvalue weighted by atomic mass is 9.97. The molecule has 0 saturated carbocycles. The van der Waals surface area contributed by atoms with E-state index >= 15 is 0 Å². The molecule has 0 unspecified atom stereocenters. The van der Waals surface area contributed by atoms with E-state index in [0.29, 0.717) is 0 Å². The van der Waals surface area contributed by atoms with Crippen molar-refractivity contribution < 1.29 is 0 Å². The van der Waals surface area contributed by atoms with Gasteiger partial charge >= 0.3 is 0 Å². The molecule has 3 heterocycles. The van der Waals surface area contributed by atoms with Crippen LogP contribution in [-0.2, 0) is 0 Å². The lowest BCUT2D eigenvalue weighted by Gasteiger charge is -2.22. The summed E-state index contributed by atoms with van der Waals surface area (Å²) in [5, 5.41) is 6.17. The number of benzene rings is 7. The van der Waals surface area contributed by atoms with Crippen molar-refractivity contribution in [3.8, 4) is 22.3 Å². The third kappa shape index (κ3) is 4.32. The fourth-order valence-electron chi connectivity index (χ4n) is 6.96. The average Bonchev–Trinajstić information content (AvgIpc) is 3.86. The second-order valence-electron chi connectivity index (χ2n) is 11.9. The number of fused-ring (bicyclic) bond motifs is 7. The van der Waals surface area contributed by atoms with Crippen LogP contribution in [-0.4, -0.2) is 4.98 Å². The Labute approximate surface area is 289 Å². The minimum Gasteiger partial charge on any atom is -0.286 e. The minimum atomic E-state index is 0.947. The highest BCUT2D eigenvalue weighted by molar-refractivity contribution is 7.27. The SMILES string of the molecule is c1ccc(N(c2ccccc2)c2nc3c(-c4cccc5c4sc4ccccc45)ccc(-c4cccc5c4sc4ccccc45)c3s2)cc1. The number of para-hydroxylation sites is 2. The summed E-state index contributed by atoms with van der Waals surface area (Å²) in [5.41, 5.74) is 8.08. The van der Waals surface area contributed by atoms with Gasteiger partial charge in [-0.15, -0.1) is 22.7 Å². The maximum absolute atomic E-state index is 5.56. The molecular formula is C43H26N2S3. The summed E-state index contributed by atoms with van der Waals surface area (Å²) >= 11 is 5.52. The normalized spacial score (nSPS) is 11.8. The Balaban J connectivity index is 1.28. The Kier molecular flexibility index (Phi) is 6.44. The van der Waals surface area contributed by atoms with Gasteiger partial charge in [0.25, 0.3) is 0 Å². The van der Waals surface area contributed by atoms with Crippen LogP contribution in [0.25, 0.3) is 72.8 Å². The number of hydrogen-bond acceptors (Lipinski definition) is 5. The van der Waals surface area contributed by atoms with Gasteiger partial charge in [-0.25, -0.2) is 4.98 Å². The van der Waals surface area contributed by atoms with E-state index < -0.39 is 0 Å². The third-order valence-corrected chi connectivity index (χ3v) is 12.7. The zero-order chi connectivity index (χ0) is 31.6. The smallest absolute Gasteiger partial charge is 0.195 e. The third-order valence-electron chi connectivity index (χ3n) is 9.14. The molecule has 2 nitrogen and oxygen atoms in total. The van der Waals surface area contributed by atoms with Crippen molar-refractivity contribution in [2.24, 2.45) is 0 Å². The number of thiophene rings is 2. The number of thiazole rings is 1. The lowest BCUT2D eigenvalue weighted by Crippen LogP contribution is -2.09. The van der Waals surface area contributed by atoms with Gasteiger partial charge in [0.05, 0.1) is 10.2 Å². The van der Waals surface area contributed by atoms with Gasteiger partial charge < -0.3 is 0 Å². The molecular weight excluding hydrogens is 641 g/mol. The lowest BCUT2D eigenvalue weighted by molar-refractivity contribution is 1.25. The molecule has 0 aliphatic heterocycles. The number of aromatic nitrogens is 1. The summed E-state index contributed by atoms with van der Waals surface area (Å²) in [6.07, 6.45) is 0. The molecule has 3 aromatic heterocycles. The van der Waals surface area contributed by atoms with E-state index in [9.17, 15) is 0 Å². The van der Waals surface area contributed by atoms with Gasteiger partial charge in [-0.2, -0.15) is 0 Å². The van der Waals surface area contributed by atoms with Crippen LogP contribution in [0.2, 0.25) is 0 Å². The van der Waals surface area contributed by atoms with Crippen LogP contribution >= 0.6 is 34.0 Å². The molecule has 0 bridgehead atoms. The zero-order valence-corrected chi connectivity index (χ0v) is 28.1. The van der Waals surface area contributed by atoms with Gasteiger partial charge in [0.15, 0.2) is 5.13 Å². The van der Waals surface area contributed by atoms with E-state index in [1.54, 1.807) is 11.3 Å². The summed E-state index contributed by atoms with van der Waals surface area (Å²) in [6.45, 7) is 0. The van der Waals surface area contributed by atoms with Crippen LogP contribution in [0.4, 0.5) is 16.5 Å². The molecule has 0 spiro atoms. The summed E-state index contributed by atoms with van der Waals surface area (Å²) in [6, 6.07) is 56.8. The fraction of sp³-hybridized carbons (Fsp3) is 0. The molecule has 10 rings (SSSR count). The van der Waals surface area contributed by atoms with Gasteiger partial charge in [-0.3, -0.25) is 4.90 Å². The Hall–Kier alpha value is -5.33. The van der Waals surface area contributed by atoms with Crippen LogP contribution in [0.1, 0.15) is 0 Å². The van der Waals surface area contributed by atoms with E-state index in [1.807, 2.05) is 22.7 Å². The van der Waals surface area contributed by atoms with Crippen LogP contribution in [0.5, 0.6) is 0 Å². The van der Waals surface area contributed by atoms with Crippen molar-refractivity contribution in [3.05, 3.63) is 158 Å². The first-order chi connectivity index (χ1) is 23.8. The molecule has 0 amide bonds. The Morgan fingerprint density at radius 3 is 1.40 bits per heavy atom. The molecule has 0 saturated heterocycles. The number of rotatable bonds is 5. The predicted octanol–water partition coefficient (Wildman–Crippen LogP) is 13.8. The standard InChI is InChI=1S/C43H26N2S3/c1-3-13-27(14-4-1)45(28-15-5-2-6-16-28)43-44-39-31(34-21-11-19-32-29-17-7-9-23-37(29)46-40(32)34)25-26-36(42(39)48-43)35-22-12-20-33-30-18-8-10-24-38(30)47-41(33)35/h1-26H. The van der Waals surface area contributed by atoms with Crippen molar-refractivity contribution in [3.63, 3.8) is 0 Å². The number of nitrogens with zero attached hydrogens (tertiary/aromatic N) is 2. The predicted molar refractivity (Wildman–Crippen MR) is 211 cm³/mol. The van der Waals surface area contributed by atoms with Gasteiger partial charge in [0, 0.05) is 74.0 Å². The van der Waals surface area contributed by atoms with E-state index in [2.05, 4.69) is 163 Å². The highest BCUT2D eigenvalue weighted by atomic mass is 32.1. The molecule has 0 radical (unpaired) electrons. The molecule has 226 valence electrons. The molecule has 10 aromatic rings. The first-order valence-corrected chi connectivity index (χ1v) is 18.4.